The van der Waals surface area contributed by atoms with Gasteiger partial charge in [-0.25, -0.2) is 0 Å². The number of carbonyl (C=O) groups is 1. The summed E-state index contributed by atoms with van der Waals surface area (Å²) in [5.74, 6) is 0.621. The molecule has 2 fully saturated rings. The van der Waals surface area contributed by atoms with E-state index in [1.54, 1.807) is 0 Å². The molecule has 3 rings (SSSR count). The molecule has 1 saturated heterocycles. The van der Waals surface area contributed by atoms with Gasteiger partial charge in [0.1, 0.15) is 5.78 Å². The molecule has 20 heavy (non-hydrogen) atoms. The third-order valence-electron chi connectivity index (χ3n) is 5.09. The van der Waals surface area contributed by atoms with E-state index in [9.17, 15) is 4.79 Å². The summed E-state index contributed by atoms with van der Waals surface area (Å²) in [4.78, 5) is 12.6. The van der Waals surface area contributed by atoms with E-state index in [0.717, 1.165) is 32.3 Å². The van der Waals surface area contributed by atoms with Crippen LogP contribution in [-0.2, 0) is 16.0 Å². The summed E-state index contributed by atoms with van der Waals surface area (Å²) in [5, 5.41) is 0. The van der Waals surface area contributed by atoms with Crippen LogP contribution in [0.5, 0.6) is 0 Å². The van der Waals surface area contributed by atoms with E-state index in [1.165, 1.54) is 24.0 Å². The molecule has 2 nitrogen and oxygen atoms in total. The van der Waals surface area contributed by atoms with Gasteiger partial charge in [0.2, 0.25) is 0 Å². The molecule has 1 saturated carbocycles. The van der Waals surface area contributed by atoms with E-state index in [2.05, 4.69) is 19.1 Å². The van der Waals surface area contributed by atoms with Crippen molar-refractivity contribution in [1.29, 1.82) is 0 Å². The Morgan fingerprint density at radius 3 is 2.80 bits per heavy atom. The van der Waals surface area contributed by atoms with Crippen LogP contribution in [0.2, 0.25) is 0 Å². The Kier molecular flexibility index (Phi) is 3.93. The van der Waals surface area contributed by atoms with Crippen molar-refractivity contribution in [1.82, 2.24) is 0 Å². The molecular weight excluding hydrogens is 248 g/mol. The van der Waals surface area contributed by atoms with Gasteiger partial charge in [-0.15, -0.1) is 0 Å². The molecule has 0 N–H and O–H groups in total. The fourth-order valence-corrected chi connectivity index (χ4v) is 3.81. The second-order valence-corrected chi connectivity index (χ2v) is 6.50. The van der Waals surface area contributed by atoms with Crippen LogP contribution >= 0.6 is 0 Å². The van der Waals surface area contributed by atoms with Crippen LogP contribution in [-0.4, -0.2) is 18.0 Å². The minimum atomic E-state index is 0.0459. The Morgan fingerprint density at radius 2 is 2.05 bits per heavy atom. The molecule has 0 aromatic heterocycles. The highest BCUT2D eigenvalue weighted by molar-refractivity contribution is 5.83. The van der Waals surface area contributed by atoms with Crippen LogP contribution in [0.3, 0.4) is 0 Å². The normalized spacial score (nSPS) is 24.9. The number of benzene rings is 1. The molecule has 0 radical (unpaired) electrons. The SMILES string of the molecule is Cc1ccccc1CC(=O)C1CCOC2(CCCC2)C1. The largest absolute Gasteiger partial charge is 0.375 e. The molecule has 1 aliphatic heterocycles. The second-order valence-electron chi connectivity index (χ2n) is 6.50. The summed E-state index contributed by atoms with van der Waals surface area (Å²) in [6.07, 6.45) is 7.29. The number of aryl methyl sites for hydroxylation is 1. The first-order valence-electron chi connectivity index (χ1n) is 7.90. The zero-order valence-electron chi connectivity index (χ0n) is 12.4. The maximum Gasteiger partial charge on any atom is 0.140 e. The molecule has 1 aliphatic carbocycles. The van der Waals surface area contributed by atoms with Gasteiger partial charge in [-0.05, 0) is 43.7 Å². The lowest BCUT2D eigenvalue weighted by atomic mass is 9.81. The molecule has 0 bridgehead atoms. The molecule has 1 aromatic carbocycles. The van der Waals surface area contributed by atoms with Gasteiger partial charge >= 0.3 is 0 Å². The van der Waals surface area contributed by atoms with Gasteiger partial charge in [-0.2, -0.15) is 0 Å². The third kappa shape index (κ3) is 2.80. The van der Waals surface area contributed by atoms with Crippen molar-refractivity contribution >= 4 is 5.78 Å². The van der Waals surface area contributed by atoms with Crippen LogP contribution in [0, 0.1) is 12.8 Å². The third-order valence-corrected chi connectivity index (χ3v) is 5.09. The van der Waals surface area contributed by atoms with Crippen LogP contribution in [0.4, 0.5) is 0 Å². The number of hydrogen-bond donors (Lipinski definition) is 0. The van der Waals surface area contributed by atoms with Crippen molar-refractivity contribution in [3.8, 4) is 0 Å². The summed E-state index contributed by atoms with van der Waals surface area (Å²) < 4.78 is 6.03. The van der Waals surface area contributed by atoms with Crippen molar-refractivity contribution < 1.29 is 9.53 Å². The number of hydrogen-bond acceptors (Lipinski definition) is 2. The molecule has 0 amide bonds. The predicted molar refractivity (Wildman–Crippen MR) is 79.8 cm³/mol. The summed E-state index contributed by atoms with van der Waals surface area (Å²) in [5.41, 5.74) is 2.46. The lowest BCUT2D eigenvalue weighted by Gasteiger charge is -2.37. The Balaban J connectivity index is 1.66. The van der Waals surface area contributed by atoms with Crippen LogP contribution in [0.15, 0.2) is 24.3 Å². The average Bonchev–Trinajstić information content (AvgIpc) is 2.89. The maximum absolute atomic E-state index is 12.6. The topological polar surface area (TPSA) is 26.3 Å². The van der Waals surface area contributed by atoms with Gasteiger partial charge in [0.15, 0.2) is 0 Å². The zero-order chi connectivity index (χ0) is 14.0. The molecule has 2 heteroatoms. The van der Waals surface area contributed by atoms with E-state index >= 15 is 0 Å². The van der Waals surface area contributed by atoms with Crippen molar-refractivity contribution in [3.05, 3.63) is 35.4 Å². The molecule has 1 aromatic rings. The standard InChI is InChI=1S/C18H24O2/c1-14-6-2-3-7-15(14)12-17(19)16-8-11-20-18(13-16)9-4-5-10-18/h2-3,6-7,16H,4-5,8-13H2,1H3. The summed E-state index contributed by atoms with van der Waals surface area (Å²) in [7, 11) is 0. The molecule has 1 unspecified atom stereocenters. The van der Waals surface area contributed by atoms with Crippen molar-refractivity contribution in [2.75, 3.05) is 6.61 Å². The van der Waals surface area contributed by atoms with Gasteiger partial charge in [-0.3, -0.25) is 4.79 Å². The molecule has 108 valence electrons. The van der Waals surface area contributed by atoms with Crippen molar-refractivity contribution in [2.24, 2.45) is 5.92 Å². The van der Waals surface area contributed by atoms with Gasteiger partial charge in [0.25, 0.3) is 0 Å². The summed E-state index contributed by atoms with van der Waals surface area (Å²) in [6.45, 7) is 2.86. The lowest BCUT2D eigenvalue weighted by molar-refractivity contribution is -0.135. The van der Waals surface area contributed by atoms with E-state index in [0.29, 0.717) is 12.2 Å². The zero-order valence-corrected chi connectivity index (χ0v) is 12.4. The van der Waals surface area contributed by atoms with E-state index in [4.69, 9.17) is 4.74 Å². The van der Waals surface area contributed by atoms with Crippen LogP contribution in [0.25, 0.3) is 0 Å². The smallest absolute Gasteiger partial charge is 0.140 e. The molecule has 2 aliphatic rings. The van der Waals surface area contributed by atoms with Gasteiger partial charge in [-0.1, -0.05) is 37.1 Å². The fourth-order valence-electron chi connectivity index (χ4n) is 3.81. The van der Waals surface area contributed by atoms with E-state index in [1.807, 2.05) is 12.1 Å². The first-order chi connectivity index (χ1) is 9.69. The maximum atomic E-state index is 12.6. The van der Waals surface area contributed by atoms with Gasteiger partial charge in [0, 0.05) is 18.9 Å². The molecule has 1 heterocycles. The monoisotopic (exact) mass is 272 g/mol. The van der Waals surface area contributed by atoms with Crippen LogP contribution in [0.1, 0.15) is 49.7 Å². The Labute approximate surface area is 121 Å². The number of carbonyl (C=O) groups excluding carboxylic acids is 1. The van der Waals surface area contributed by atoms with Crippen LogP contribution < -0.4 is 0 Å². The fraction of sp³-hybridized carbons (Fsp3) is 0.611. The average molecular weight is 272 g/mol. The number of Topliss-reactive ketones (excluding diaryl/α,β-unsaturated/α-hetero) is 1. The first-order valence-corrected chi connectivity index (χ1v) is 7.90. The van der Waals surface area contributed by atoms with Crippen molar-refractivity contribution in [3.63, 3.8) is 0 Å². The highest BCUT2D eigenvalue weighted by Gasteiger charge is 2.41. The quantitative estimate of drug-likeness (QED) is 0.835. The summed E-state index contributed by atoms with van der Waals surface area (Å²) >= 11 is 0. The highest BCUT2D eigenvalue weighted by atomic mass is 16.5. The Morgan fingerprint density at radius 1 is 1.30 bits per heavy atom. The Bertz CT molecular complexity index is 486. The van der Waals surface area contributed by atoms with E-state index < -0.39 is 0 Å². The second kappa shape index (κ2) is 5.69. The highest BCUT2D eigenvalue weighted by Crippen LogP contribution is 2.42. The van der Waals surface area contributed by atoms with Gasteiger partial charge < -0.3 is 4.74 Å². The van der Waals surface area contributed by atoms with Crippen molar-refractivity contribution in [2.45, 2.75) is 57.5 Å². The predicted octanol–water partition coefficient (Wildman–Crippen LogP) is 3.85. The first kappa shape index (κ1) is 13.8. The summed E-state index contributed by atoms with van der Waals surface area (Å²) in [6, 6.07) is 8.23. The number of ketones is 1. The Hall–Kier alpha value is -1.15. The molecule has 1 spiro atoms. The minimum Gasteiger partial charge on any atom is -0.375 e. The number of ether oxygens (including phenoxy) is 1. The minimum absolute atomic E-state index is 0.0459. The van der Waals surface area contributed by atoms with Gasteiger partial charge in [0.05, 0.1) is 5.60 Å². The van der Waals surface area contributed by atoms with E-state index in [-0.39, 0.29) is 11.5 Å². The lowest BCUT2D eigenvalue weighted by Crippen LogP contribution is -2.40. The molecular formula is C18H24O2. The molecule has 1 atom stereocenters. The number of rotatable bonds is 3.